The van der Waals surface area contributed by atoms with Crippen molar-refractivity contribution < 1.29 is 47.5 Å². The van der Waals surface area contributed by atoms with Gasteiger partial charge in [0.15, 0.2) is 6.10 Å². The Morgan fingerprint density at radius 2 is 0.846 bits per heavy atom. The lowest BCUT2D eigenvalue weighted by molar-refractivity contribution is -0.161. The first-order valence-electron chi connectivity index (χ1n) is 25.8. The van der Waals surface area contributed by atoms with Gasteiger partial charge in [0, 0.05) is 12.8 Å². The topological polar surface area (TPSA) is 172 Å². The molecule has 0 aromatic heterocycles. The van der Waals surface area contributed by atoms with Gasteiger partial charge < -0.3 is 25.2 Å². The number of nitrogens with two attached hydrogens (primary N) is 1. The van der Waals surface area contributed by atoms with Gasteiger partial charge in [-0.1, -0.05) is 222 Å². The van der Waals surface area contributed by atoms with Crippen LogP contribution in [0.1, 0.15) is 226 Å². The summed E-state index contributed by atoms with van der Waals surface area (Å²) in [6.07, 6.45) is 57.3. The number of rotatable bonds is 48. The van der Waals surface area contributed by atoms with E-state index in [0.29, 0.717) is 12.8 Å². The average Bonchev–Trinajstić information content (AvgIpc) is 3.28. The van der Waals surface area contributed by atoms with E-state index < -0.39 is 51.1 Å². The van der Waals surface area contributed by atoms with Gasteiger partial charge in [-0.15, -0.1) is 0 Å². The highest BCUT2D eigenvalue weighted by Crippen LogP contribution is 2.43. The van der Waals surface area contributed by atoms with Crippen molar-refractivity contribution in [3.8, 4) is 0 Å². The summed E-state index contributed by atoms with van der Waals surface area (Å²) < 4.78 is 32.8. The van der Waals surface area contributed by atoms with Gasteiger partial charge in [-0.3, -0.25) is 23.4 Å². The minimum Gasteiger partial charge on any atom is -0.480 e. The monoisotopic (exact) mass is 936 g/mol. The SMILES string of the molecule is CCCCC/C=C/C/C=C/C/C=C/C/C=C/C/C=C/CCC(=O)OC[C@H](COP(=O)(O)OC[C@H](N)C(=O)O)OC(=O)CCCCCCCCCCCCCCCCCCCCCCCC. The minimum atomic E-state index is -4.74. The Bertz CT molecular complexity index is 1330. The summed E-state index contributed by atoms with van der Waals surface area (Å²) in [5.74, 6) is -2.47. The van der Waals surface area contributed by atoms with Crippen molar-refractivity contribution in [2.45, 2.75) is 238 Å². The Morgan fingerprint density at radius 3 is 1.28 bits per heavy atom. The second-order valence-corrected chi connectivity index (χ2v) is 18.8. The molecule has 376 valence electrons. The zero-order chi connectivity index (χ0) is 47.7. The van der Waals surface area contributed by atoms with Crippen molar-refractivity contribution in [2.75, 3.05) is 19.8 Å². The standard InChI is InChI=1S/C53H94NO10P/c1-3-5-7-9-11-13-15-17-19-21-23-24-25-27-29-31-33-35-37-39-41-43-45-52(56)64-49(47-62-65(59,60)63-48-50(54)53(57)58)46-61-51(55)44-42-40-38-36-34-32-30-28-26-22-20-18-16-14-12-10-8-6-4-2/h12,14,18,20,26,28,32,34,38,40,49-50H,3-11,13,15-17,19,21-25,27,29-31,33,35-37,39,41-48,54H2,1-2H3,(H,57,58)(H,59,60)/b14-12+,20-18+,28-26+,34-32+,40-38+/t49-,50+/m1/s1. The summed E-state index contributed by atoms with van der Waals surface area (Å²) in [5, 5.41) is 8.92. The number of phosphoric ester groups is 1. The number of allylic oxidation sites excluding steroid dienone is 10. The molecule has 0 rings (SSSR count). The highest BCUT2D eigenvalue weighted by molar-refractivity contribution is 7.47. The largest absolute Gasteiger partial charge is 0.480 e. The van der Waals surface area contributed by atoms with Crippen molar-refractivity contribution in [1.29, 1.82) is 0 Å². The quantitative estimate of drug-likeness (QED) is 0.0229. The Labute approximate surface area is 396 Å². The molecule has 11 nitrogen and oxygen atoms in total. The molecule has 4 N–H and O–H groups in total. The van der Waals surface area contributed by atoms with Crippen molar-refractivity contribution in [1.82, 2.24) is 0 Å². The molecule has 0 aliphatic carbocycles. The van der Waals surface area contributed by atoms with Crippen LogP contribution in [0.5, 0.6) is 0 Å². The van der Waals surface area contributed by atoms with Crippen LogP contribution in [-0.2, 0) is 37.5 Å². The van der Waals surface area contributed by atoms with Gasteiger partial charge in [0.2, 0.25) is 0 Å². The Balaban J connectivity index is 4.32. The summed E-state index contributed by atoms with van der Waals surface area (Å²) in [4.78, 5) is 46.1. The van der Waals surface area contributed by atoms with Crippen LogP contribution >= 0.6 is 7.82 Å². The highest BCUT2D eigenvalue weighted by Gasteiger charge is 2.28. The molecule has 0 saturated heterocycles. The number of esters is 2. The van der Waals surface area contributed by atoms with Gasteiger partial charge in [-0.2, -0.15) is 0 Å². The van der Waals surface area contributed by atoms with Gasteiger partial charge in [-0.05, 0) is 51.4 Å². The molecule has 0 spiro atoms. The fourth-order valence-electron chi connectivity index (χ4n) is 6.99. The third-order valence-electron chi connectivity index (χ3n) is 11.0. The Kier molecular flexibility index (Phi) is 45.6. The zero-order valence-electron chi connectivity index (χ0n) is 41.1. The average molecular weight is 936 g/mol. The molecule has 0 aliphatic rings. The van der Waals surface area contributed by atoms with Crippen LogP contribution < -0.4 is 5.73 Å². The molecule has 0 aromatic rings. The van der Waals surface area contributed by atoms with Crippen LogP contribution in [0.15, 0.2) is 60.8 Å². The number of phosphoric acid groups is 1. The summed E-state index contributed by atoms with van der Waals surface area (Å²) in [5.41, 5.74) is 5.35. The number of aliphatic carboxylic acids is 1. The molecule has 0 fully saturated rings. The molecule has 0 aromatic carbocycles. The molecule has 0 radical (unpaired) electrons. The van der Waals surface area contributed by atoms with E-state index in [-0.39, 0.29) is 19.4 Å². The van der Waals surface area contributed by atoms with Crippen molar-refractivity contribution in [2.24, 2.45) is 5.73 Å². The maximum atomic E-state index is 12.7. The molecule has 0 bridgehead atoms. The van der Waals surface area contributed by atoms with Crippen LogP contribution in [0, 0.1) is 0 Å². The van der Waals surface area contributed by atoms with Crippen molar-refractivity contribution in [3.05, 3.63) is 60.8 Å². The molecular formula is C53H94NO10P. The molecule has 12 heteroatoms. The maximum Gasteiger partial charge on any atom is 0.472 e. The number of unbranched alkanes of at least 4 members (excludes halogenated alkanes) is 24. The van der Waals surface area contributed by atoms with Crippen molar-refractivity contribution >= 4 is 25.7 Å². The number of ether oxygens (including phenoxy) is 2. The van der Waals surface area contributed by atoms with Gasteiger partial charge >= 0.3 is 25.7 Å². The van der Waals surface area contributed by atoms with E-state index in [9.17, 15) is 23.8 Å². The lowest BCUT2D eigenvalue weighted by atomic mass is 10.0. The Hall–Kier alpha value is -2.82. The number of hydrogen-bond donors (Lipinski definition) is 3. The minimum absolute atomic E-state index is 0.0980. The van der Waals surface area contributed by atoms with E-state index in [0.717, 1.165) is 44.9 Å². The lowest BCUT2D eigenvalue weighted by Crippen LogP contribution is -2.34. The third-order valence-corrected chi connectivity index (χ3v) is 12.0. The van der Waals surface area contributed by atoms with E-state index in [1.807, 2.05) is 12.2 Å². The maximum absolute atomic E-state index is 12.7. The molecule has 0 heterocycles. The summed E-state index contributed by atoms with van der Waals surface area (Å²) in [7, 11) is -4.74. The predicted octanol–water partition coefficient (Wildman–Crippen LogP) is 14.7. The van der Waals surface area contributed by atoms with Gasteiger partial charge in [-0.25, -0.2) is 4.57 Å². The molecule has 0 aliphatic heterocycles. The van der Waals surface area contributed by atoms with Crippen LogP contribution in [0.2, 0.25) is 0 Å². The van der Waals surface area contributed by atoms with E-state index in [1.54, 1.807) is 0 Å². The van der Waals surface area contributed by atoms with E-state index in [2.05, 4.69) is 67.0 Å². The number of hydrogen-bond acceptors (Lipinski definition) is 9. The van der Waals surface area contributed by atoms with E-state index >= 15 is 0 Å². The third kappa shape index (κ3) is 47.5. The van der Waals surface area contributed by atoms with Gasteiger partial charge in [0.25, 0.3) is 0 Å². The van der Waals surface area contributed by atoms with Crippen molar-refractivity contribution in [3.63, 3.8) is 0 Å². The smallest absolute Gasteiger partial charge is 0.472 e. The zero-order valence-corrected chi connectivity index (χ0v) is 42.0. The van der Waals surface area contributed by atoms with E-state index in [1.165, 1.54) is 141 Å². The van der Waals surface area contributed by atoms with E-state index in [4.69, 9.17) is 24.8 Å². The fraction of sp³-hybridized carbons (Fsp3) is 0.755. The molecule has 0 amide bonds. The second kappa shape index (κ2) is 47.7. The normalized spacial score (nSPS) is 14.0. The van der Waals surface area contributed by atoms with Gasteiger partial charge in [0.1, 0.15) is 12.6 Å². The van der Waals surface area contributed by atoms with Crippen LogP contribution in [0.25, 0.3) is 0 Å². The first-order chi connectivity index (χ1) is 31.6. The first kappa shape index (κ1) is 62.2. The van der Waals surface area contributed by atoms with Gasteiger partial charge in [0.05, 0.1) is 13.2 Å². The molecule has 65 heavy (non-hydrogen) atoms. The lowest BCUT2D eigenvalue weighted by Gasteiger charge is -2.20. The second-order valence-electron chi connectivity index (χ2n) is 17.3. The molecule has 0 saturated carbocycles. The van der Waals surface area contributed by atoms with Crippen LogP contribution in [0.3, 0.4) is 0 Å². The number of carbonyl (C=O) groups excluding carboxylic acids is 2. The summed E-state index contributed by atoms with van der Waals surface area (Å²) >= 11 is 0. The Morgan fingerprint density at radius 1 is 0.477 bits per heavy atom. The van der Waals surface area contributed by atoms with Crippen LogP contribution in [0.4, 0.5) is 0 Å². The molecule has 1 unspecified atom stereocenters. The highest BCUT2D eigenvalue weighted by atomic mass is 31.2. The summed E-state index contributed by atoms with van der Waals surface area (Å²) in [6, 6.07) is -1.53. The number of carboxylic acids is 1. The number of carboxylic acid groups (broad SMARTS) is 1. The fourth-order valence-corrected chi connectivity index (χ4v) is 7.77. The molecule has 3 atom stereocenters. The van der Waals surface area contributed by atoms with Crippen LogP contribution in [-0.4, -0.2) is 59.9 Å². The first-order valence-corrected chi connectivity index (χ1v) is 27.3. The molecular weight excluding hydrogens is 842 g/mol. The number of carbonyl (C=O) groups is 3. The summed E-state index contributed by atoms with van der Waals surface area (Å²) in [6.45, 7) is 2.73. The predicted molar refractivity (Wildman–Crippen MR) is 268 cm³/mol.